The molecule has 1 aliphatic heterocycles. The Morgan fingerprint density at radius 1 is 1.11 bits per heavy atom. The van der Waals surface area contributed by atoms with Crippen LogP contribution < -0.4 is 10.1 Å². The maximum atomic E-state index is 13.8. The molecule has 0 radical (unpaired) electrons. The molecule has 1 N–H and O–H groups in total. The van der Waals surface area contributed by atoms with E-state index in [4.69, 9.17) is 16.3 Å². The normalized spacial score (nSPS) is 14.7. The molecule has 0 spiro atoms. The van der Waals surface area contributed by atoms with Crippen molar-refractivity contribution in [2.75, 3.05) is 19.7 Å². The van der Waals surface area contributed by atoms with Gasteiger partial charge in [-0.15, -0.1) is 0 Å². The molecule has 2 aromatic rings. The number of hydrogen-bond donors (Lipinski definition) is 1. The van der Waals surface area contributed by atoms with E-state index in [0.29, 0.717) is 36.7 Å². The minimum atomic E-state index is -0.516. The summed E-state index contributed by atoms with van der Waals surface area (Å²) in [5.74, 6) is -0.482. The number of hydrogen-bond acceptors (Lipinski definition) is 3. The van der Waals surface area contributed by atoms with E-state index in [1.54, 1.807) is 41.3 Å². The molecule has 0 saturated carbocycles. The van der Waals surface area contributed by atoms with Gasteiger partial charge < -0.3 is 15.0 Å². The first kappa shape index (κ1) is 19.2. The lowest BCUT2D eigenvalue weighted by Gasteiger charge is -2.32. The van der Waals surface area contributed by atoms with E-state index in [1.807, 2.05) is 0 Å². The van der Waals surface area contributed by atoms with E-state index in [-0.39, 0.29) is 30.0 Å². The van der Waals surface area contributed by atoms with Crippen molar-refractivity contribution in [2.24, 2.45) is 0 Å². The van der Waals surface area contributed by atoms with Gasteiger partial charge in [0.1, 0.15) is 11.6 Å². The van der Waals surface area contributed by atoms with Crippen molar-refractivity contribution < 1.29 is 18.7 Å². The number of likely N-dealkylation sites (tertiary alicyclic amines) is 1. The fourth-order valence-electron chi connectivity index (χ4n) is 2.98. The summed E-state index contributed by atoms with van der Waals surface area (Å²) in [5.41, 5.74) is 0.0800. The largest absolute Gasteiger partial charge is 0.484 e. The quantitative estimate of drug-likeness (QED) is 0.852. The summed E-state index contributed by atoms with van der Waals surface area (Å²) >= 11 is 5.80. The van der Waals surface area contributed by atoms with Gasteiger partial charge in [0, 0.05) is 24.2 Å². The van der Waals surface area contributed by atoms with E-state index in [1.165, 1.54) is 12.1 Å². The highest BCUT2D eigenvalue weighted by Crippen LogP contribution is 2.17. The van der Waals surface area contributed by atoms with Crippen LogP contribution in [-0.4, -0.2) is 42.5 Å². The standard InChI is InChI=1S/C20H20ClFN2O3/c21-14-5-7-16(8-6-14)27-13-19(25)23-15-9-11-24(12-10-15)20(26)17-3-1-2-4-18(17)22/h1-8,15H,9-13H2,(H,23,25). The maximum Gasteiger partial charge on any atom is 0.258 e. The SMILES string of the molecule is O=C(COc1ccc(Cl)cc1)NC1CCN(C(=O)c2ccccc2F)CC1. The van der Waals surface area contributed by atoms with Crippen LogP contribution in [0, 0.1) is 5.82 Å². The second-order valence-electron chi connectivity index (χ2n) is 6.36. The predicted molar refractivity (Wildman–Crippen MR) is 100 cm³/mol. The first-order valence-corrected chi connectivity index (χ1v) is 9.12. The molecule has 0 bridgehead atoms. The van der Waals surface area contributed by atoms with Gasteiger partial charge in [-0.25, -0.2) is 4.39 Å². The van der Waals surface area contributed by atoms with Gasteiger partial charge in [-0.05, 0) is 49.2 Å². The Bertz CT molecular complexity index is 805. The van der Waals surface area contributed by atoms with Crippen molar-refractivity contribution in [3.63, 3.8) is 0 Å². The molecule has 2 amide bonds. The van der Waals surface area contributed by atoms with Crippen LogP contribution >= 0.6 is 11.6 Å². The fraction of sp³-hybridized carbons (Fsp3) is 0.300. The third kappa shape index (κ3) is 5.20. The Balaban J connectivity index is 1.43. The van der Waals surface area contributed by atoms with Gasteiger partial charge in [-0.1, -0.05) is 23.7 Å². The van der Waals surface area contributed by atoms with E-state index in [2.05, 4.69) is 5.32 Å². The summed E-state index contributed by atoms with van der Waals surface area (Å²) < 4.78 is 19.2. The highest BCUT2D eigenvalue weighted by atomic mass is 35.5. The molecule has 7 heteroatoms. The average Bonchev–Trinajstić information content (AvgIpc) is 2.68. The molecule has 5 nitrogen and oxygen atoms in total. The number of ether oxygens (including phenoxy) is 1. The van der Waals surface area contributed by atoms with Crippen LogP contribution in [0.2, 0.25) is 5.02 Å². The van der Waals surface area contributed by atoms with E-state index < -0.39 is 5.82 Å². The molecule has 0 unspecified atom stereocenters. The van der Waals surface area contributed by atoms with Crippen LogP contribution in [0.1, 0.15) is 23.2 Å². The zero-order valence-corrected chi connectivity index (χ0v) is 15.4. The topological polar surface area (TPSA) is 58.6 Å². The maximum absolute atomic E-state index is 13.8. The Kier molecular flexibility index (Phi) is 6.29. The number of amides is 2. The molecular weight excluding hydrogens is 371 g/mol. The molecule has 1 saturated heterocycles. The molecule has 0 aromatic heterocycles. The molecule has 2 aromatic carbocycles. The van der Waals surface area contributed by atoms with E-state index >= 15 is 0 Å². The average molecular weight is 391 g/mol. The lowest BCUT2D eigenvalue weighted by molar-refractivity contribution is -0.124. The predicted octanol–water partition coefficient (Wildman–Crippen LogP) is 3.28. The molecule has 0 aliphatic carbocycles. The van der Waals surface area contributed by atoms with Gasteiger partial charge in [0.05, 0.1) is 5.56 Å². The summed E-state index contributed by atoms with van der Waals surface area (Å²) in [6, 6.07) is 12.7. The van der Waals surface area contributed by atoms with E-state index in [0.717, 1.165) is 0 Å². The van der Waals surface area contributed by atoms with Gasteiger partial charge in [0.15, 0.2) is 6.61 Å². The van der Waals surface area contributed by atoms with Crippen molar-refractivity contribution in [1.29, 1.82) is 0 Å². The van der Waals surface area contributed by atoms with Crippen LogP contribution in [0.25, 0.3) is 0 Å². The van der Waals surface area contributed by atoms with Gasteiger partial charge >= 0.3 is 0 Å². The number of benzene rings is 2. The van der Waals surface area contributed by atoms with Crippen molar-refractivity contribution in [1.82, 2.24) is 10.2 Å². The number of rotatable bonds is 5. The summed E-state index contributed by atoms with van der Waals surface area (Å²) in [6.07, 6.45) is 1.24. The molecule has 1 fully saturated rings. The minimum absolute atomic E-state index is 0.0315. The van der Waals surface area contributed by atoms with Crippen LogP contribution in [-0.2, 0) is 4.79 Å². The number of piperidine rings is 1. The molecule has 142 valence electrons. The Morgan fingerprint density at radius 2 is 1.78 bits per heavy atom. The van der Waals surface area contributed by atoms with E-state index in [9.17, 15) is 14.0 Å². The summed E-state index contributed by atoms with van der Waals surface area (Å²) in [4.78, 5) is 26.1. The van der Waals surface area contributed by atoms with Crippen LogP contribution in [0.5, 0.6) is 5.75 Å². The molecule has 27 heavy (non-hydrogen) atoms. The fourth-order valence-corrected chi connectivity index (χ4v) is 3.11. The first-order chi connectivity index (χ1) is 13.0. The third-order valence-electron chi connectivity index (χ3n) is 4.44. The van der Waals surface area contributed by atoms with Crippen molar-refractivity contribution >= 4 is 23.4 Å². The van der Waals surface area contributed by atoms with Crippen molar-refractivity contribution in [3.8, 4) is 5.75 Å². The zero-order chi connectivity index (χ0) is 19.2. The second-order valence-corrected chi connectivity index (χ2v) is 6.79. The summed E-state index contributed by atoms with van der Waals surface area (Å²) in [7, 11) is 0. The molecule has 1 aliphatic rings. The molecular formula is C20H20ClFN2O3. The summed E-state index contributed by atoms with van der Waals surface area (Å²) in [6.45, 7) is 0.850. The van der Waals surface area contributed by atoms with Gasteiger partial charge in [0.25, 0.3) is 11.8 Å². The third-order valence-corrected chi connectivity index (χ3v) is 4.69. The van der Waals surface area contributed by atoms with Gasteiger partial charge in [-0.2, -0.15) is 0 Å². The lowest BCUT2D eigenvalue weighted by atomic mass is 10.0. The molecule has 3 rings (SSSR count). The highest BCUT2D eigenvalue weighted by molar-refractivity contribution is 6.30. The second kappa shape index (κ2) is 8.86. The molecule has 0 atom stereocenters. The monoisotopic (exact) mass is 390 g/mol. The van der Waals surface area contributed by atoms with Crippen molar-refractivity contribution in [2.45, 2.75) is 18.9 Å². The zero-order valence-electron chi connectivity index (χ0n) is 14.7. The number of carbonyl (C=O) groups excluding carboxylic acids is 2. The smallest absolute Gasteiger partial charge is 0.258 e. The van der Waals surface area contributed by atoms with Crippen LogP contribution in [0.15, 0.2) is 48.5 Å². The van der Waals surface area contributed by atoms with Gasteiger partial charge in [0.2, 0.25) is 0 Å². The number of nitrogens with zero attached hydrogens (tertiary/aromatic N) is 1. The Hall–Kier alpha value is -2.60. The Morgan fingerprint density at radius 3 is 2.44 bits per heavy atom. The number of carbonyl (C=O) groups is 2. The Labute approximate surface area is 162 Å². The minimum Gasteiger partial charge on any atom is -0.484 e. The summed E-state index contributed by atoms with van der Waals surface area (Å²) in [5, 5.41) is 3.51. The number of halogens is 2. The van der Waals surface area contributed by atoms with Crippen LogP contribution in [0.4, 0.5) is 4.39 Å². The van der Waals surface area contributed by atoms with Gasteiger partial charge in [-0.3, -0.25) is 9.59 Å². The van der Waals surface area contributed by atoms with Crippen LogP contribution in [0.3, 0.4) is 0 Å². The first-order valence-electron chi connectivity index (χ1n) is 8.74. The highest BCUT2D eigenvalue weighted by Gasteiger charge is 2.25. The molecule has 1 heterocycles. The number of nitrogens with one attached hydrogen (secondary N) is 1. The lowest BCUT2D eigenvalue weighted by Crippen LogP contribution is -2.47. The van der Waals surface area contributed by atoms with Crippen molar-refractivity contribution in [3.05, 3.63) is 64.9 Å².